The first-order valence-corrected chi connectivity index (χ1v) is 10.4. The number of nitrogens with one attached hydrogen (secondary N) is 1. The first-order valence-electron chi connectivity index (χ1n) is 10.0. The molecule has 3 heterocycles. The molecule has 2 aromatic heterocycles. The van der Waals surface area contributed by atoms with Crippen molar-refractivity contribution in [2.24, 2.45) is 7.05 Å². The zero-order chi connectivity index (χ0) is 23.0. The lowest BCUT2D eigenvalue weighted by Crippen LogP contribution is -2.48. The zero-order valence-corrected chi connectivity index (χ0v) is 18.0. The molecule has 0 radical (unpaired) electrons. The molecule has 0 saturated carbocycles. The van der Waals surface area contributed by atoms with Gasteiger partial charge in [0, 0.05) is 31.2 Å². The molecule has 1 aliphatic heterocycles. The number of halogens is 1. The lowest BCUT2D eigenvalue weighted by atomic mass is 10.1. The third-order valence-corrected chi connectivity index (χ3v) is 6.04. The maximum atomic E-state index is 13.1. The lowest BCUT2D eigenvalue weighted by Gasteiger charge is -2.35. The third kappa shape index (κ3) is 3.71. The molecule has 11 heteroatoms. The molecule has 0 spiro atoms. The Morgan fingerprint density at radius 2 is 2.16 bits per heavy atom. The van der Waals surface area contributed by atoms with Crippen LogP contribution in [0.4, 0.5) is 10.6 Å². The molecular weight excluding hydrogens is 436 g/mol. The van der Waals surface area contributed by atoms with E-state index in [0.717, 1.165) is 10.1 Å². The van der Waals surface area contributed by atoms with Gasteiger partial charge in [-0.15, -0.1) is 0 Å². The molecule has 4 rings (SSSR count). The van der Waals surface area contributed by atoms with E-state index in [0.29, 0.717) is 36.8 Å². The van der Waals surface area contributed by atoms with Crippen molar-refractivity contribution < 1.29 is 15.0 Å². The van der Waals surface area contributed by atoms with E-state index in [1.54, 1.807) is 16.7 Å². The summed E-state index contributed by atoms with van der Waals surface area (Å²) in [5, 5.41) is 32.3. The summed E-state index contributed by atoms with van der Waals surface area (Å²) in [5.41, 5.74) is 0.660. The van der Waals surface area contributed by atoms with E-state index in [-0.39, 0.29) is 29.2 Å². The van der Waals surface area contributed by atoms with Crippen LogP contribution >= 0.6 is 11.6 Å². The smallest absolute Gasteiger partial charge is 0.404 e. The molecule has 0 bridgehead atoms. The van der Waals surface area contributed by atoms with Crippen molar-refractivity contribution in [3.8, 4) is 12.1 Å². The summed E-state index contributed by atoms with van der Waals surface area (Å²) in [7, 11) is 1.40. The predicted molar refractivity (Wildman–Crippen MR) is 118 cm³/mol. The van der Waals surface area contributed by atoms with Gasteiger partial charge in [0.2, 0.25) is 0 Å². The van der Waals surface area contributed by atoms with E-state index < -0.39 is 17.7 Å². The number of benzene rings is 1. The highest BCUT2D eigenvalue weighted by Crippen LogP contribution is 2.34. The van der Waals surface area contributed by atoms with Crippen molar-refractivity contribution in [3.05, 3.63) is 50.8 Å². The number of anilines is 1. The number of carbonyl (C=O) groups is 1. The van der Waals surface area contributed by atoms with Gasteiger partial charge in [-0.1, -0.05) is 29.8 Å². The van der Waals surface area contributed by atoms with Crippen LogP contribution in [0.5, 0.6) is 6.01 Å². The van der Waals surface area contributed by atoms with Crippen molar-refractivity contribution in [1.82, 2.24) is 19.4 Å². The van der Waals surface area contributed by atoms with Gasteiger partial charge in [-0.05, 0) is 24.5 Å². The third-order valence-electron chi connectivity index (χ3n) is 5.68. The van der Waals surface area contributed by atoms with E-state index in [4.69, 9.17) is 16.7 Å². The Balaban J connectivity index is 1.95. The SMILES string of the molecule is Cn1c(O)nc2c(C#N)c(N3CCC[C@@H](NC(=O)O)C3)n(Cc3ccccc3Cl)c2c1=O. The summed E-state index contributed by atoms with van der Waals surface area (Å²) in [6, 6.07) is 8.50. The Kier molecular flexibility index (Phi) is 5.67. The van der Waals surface area contributed by atoms with Gasteiger partial charge in [0.1, 0.15) is 28.5 Å². The van der Waals surface area contributed by atoms with Crippen LogP contribution in [0.15, 0.2) is 29.1 Å². The summed E-state index contributed by atoms with van der Waals surface area (Å²) in [5.74, 6) is 0.453. The average molecular weight is 457 g/mol. The number of nitrogens with zero attached hydrogens (tertiary/aromatic N) is 5. The molecule has 3 N–H and O–H groups in total. The number of carboxylic acid groups (broad SMARTS) is 1. The van der Waals surface area contributed by atoms with Gasteiger partial charge >= 0.3 is 6.09 Å². The second-order valence-corrected chi connectivity index (χ2v) is 8.10. The Bertz CT molecular complexity index is 1310. The van der Waals surface area contributed by atoms with Gasteiger partial charge in [-0.3, -0.25) is 9.36 Å². The van der Waals surface area contributed by atoms with Crippen LogP contribution < -0.4 is 15.8 Å². The van der Waals surface area contributed by atoms with Gasteiger partial charge in [0.25, 0.3) is 11.6 Å². The van der Waals surface area contributed by atoms with Gasteiger partial charge in [0.05, 0.1) is 6.54 Å². The maximum Gasteiger partial charge on any atom is 0.404 e. The normalized spacial score (nSPS) is 16.2. The predicted octanol–water partition coefficient (Wildman–Crippen LogP) is 2.25. The van der Waals surface area contributed by atoms with Crippen molar-refractivity contribution in [2.75, 3.05) is 18.0 Å². The number of fused-ring (bicyclic) bond motifs is 1. The topological polar surface area (TPSA) is 136 Å². The number of aromatic nitrogens is 3. The van der Waals surface area contributed by atoms with E-state index in [9.17, 15) is 20.0 Å². The number of hydrogen-bond donors (Lipinski definition) is 3. The molecule has 0 unspecified atom stereocenters. The van der Waals surface area contributed by atoms with Gasteiger partial charge in [-0.2, -0.15) is 10.2 Å². The highest BCUT2D eigenvalue weighted by atomic mass is 35.5. The monoisotopic (exact) mass is 456 g/mol. The zero-order valence-electron chi connectivity index (χ0n) is 17.2. The summed E-state index contributed by atoms with van der Waals surface area (Å²) < 4.78 is 2.70. The fourth-order valence-electron chi connectivity index (χ4n) is 4.19. The van der Waals surface area contributed by atoms with E-state index in [1.807, 2.05) is 17.0 Å². The van der Waals surface area contributed by atoms with Crippen molar-refractivity contribution in [2.45, 2.75) is 25.4 Å². The lowest BCUT2D eigenvalue weighted by molar-refractivity contribution is 0.188. The van der Waals surface area contributed by atoms with Crippen LogP contribution in [-0.2, 0) is 13.6 Å². The standard InChI is InChI=1S/C21H21ClN6O4/c1-26-19(29)17-16(25-20(26)30)14(9-23)18(27-8-4-6-13(11-27)24-21(31)32)28(17)10-12-5-2-3-7-15(12)22/h2-3,5,7,13,24H,4,6,8,10-11H2,1H3,(H,25,30)(H,31,32)/t13-/m1/s1. The highest BCUT2D eigenvalue weighted by molar-refractivity contribution is 6.31. The summed E-state index contributed by atoms with van der Waals surface area (Å²) >= 11 is 6.37. The van der Waals surface area contributed by atoms with Crippen LogP contribution in [0.2, 0.25) is 5.02 Å². The Morgan fingerprint density at radius 3 is 2.84 bits per heavy atom. The average Bonchev–Trinajstić information content (AvgIpc) is 3.06. The number of aromatic hydroxyl groups is 1. The Hall–Kier alpha value is -3.71. The first kappa shape index (κ1) is 21.5. The van der Waals surface area contributed by atoms with Crippen LogP contribution in [0.1, 0.15) is 24.0 Å². The number of nitriles is 1. The number of amides is 1. The summed E-state index contributed by atoms with van der Waals surface area (Å²) in [4.78, 5) is 30.3. The Morgan fingerprint density at radius 1 is 1.41 bits per heavy atom. The molecule has 0 aliphatic carbocycles. The number of hydrogen-bond acceptors (Lipinski definition) is 6. The molecule has 1 fully saturated rings. The molecule has 166 valence electrons. The molecule has 1 saturated heterocycles. The van der Waals surface area contributed by atoms with E-state index >= 15 is 0 Å². The van der Waals surface area contributed by atoms with Gasteiger partial charge in [0.15, 0.2) is 0 Å². The number of rotatable bonds is 4. The van der Waals surface area contributed by atoms with E-state index in [1.165, 1.54) is 7.05 Å². The fraction of sp³-hybridized carbons (Fsp3) is 0.333. The summed E-state index contributed by atoms with van der Waals surface area (Å²) in [6.07, 6.45) is 0.241. The molecule has 1 amide bonds. The van der Waals surface area contributed by atoms with Crippen LogP contribution in [-0.4, -0.2) is 49.6 Å². The Labute approximate surface area is 187 Å². The number of piperidine rings is 1. The van der Waals surface area contributed by atoms with Crippen molar-refractivity contribution >= 4 is 34.5 Å². The molecule has 1 atom stereocenters. The fourth-order valence-corrected chi connectivity index (χ4v) is 4.38. The molecule has 1 aromatic carbocycles. The second kappa shape index (κ2) is 8.43. The second-order valence-electron chi connectivity index (χ2n) is 7.70. The highest BCUT2D eigenvalue weighted by Gasteiger charge is 2.30. The molecular formula is C21H21ClN6O4. The van der Waals surface area contributed by atoms with E-state index in [2.05, 4.69) is 16.4 Å². The maximum absolute atomic E-state index is 13.1. The minimum absolute atomic E-state index is 0.100. The van der Waals surface area contributed by atoms with Gasteiger partial charge < -0.3 is 25.0 Å². The minimum atomic E-state index is -1.12. The van der Waals surface area contributed by atoms with Crippen LogP contribution in [0.3, 0.4) is 0 Å². The minimum Gasteiger partial charge on any atom is -0.480 e. The first-order chi connectivity index (χ1) is 15.3. The van der Waals surface area contributed by atoms with Crippen LogP contribution in [0, 0.1) is 11.3 Å². The largest absolute Gasteiger partial charge is 0.480 e. The van der Waals surface area contributed by atoms with Crippen molar-refractivity contribution in [1.29, 1.82) is 5.26 Å². The summed E-state index contributed by atoms with van der Waals surface area (Å²) in [6.45, 7) is 1.09. The van der Waals surface area contributed by atoms with Crippen molar-refractivity contribution in [3.63, 3.8) is 0 Å². The molecule has 1 aliphatic rings. The molecule has 10 nitrogen and oxygen atoms in total. The van der Waals surface area contributed by atoms with Crippen LogP contribution in [0.25, 0.3) is 11.0 Å². The molecule has 3 aromatic rings. The van der Waals surface area contributed by atoms with Gasteiger partial charge in [-0.25, -0.2) is 4.79 Å². The molecule has 32 heavy (non-hydrogen) atoms. The quantitative estimate of drug-likeness (QED) is 0.547.